The number of allylic oxidation sites excluding steroid dienone is 4. The van der Waals surface area contributed by atoms with Gasteiger partial charge < -0.3 is 4.90 Å². The fourth-order valence-corrected chi connectivity index (χ4v) is 3.29. The van der Waals surface area contributed by atoms with Gasteiger partial charge in [0.15, 0.2) is 0 Å². The Kier molecular flexibility index (Phi) is 4.51. The lowest BCUT2D eigenvalue weighted by Crippen LogP contribution is -2.26. The Bertz CT molecular complexity index is 511. The van der Waals surface area contributed by atoms with Crippen LogP contribution >= 0.6 is 15.9 Å². The van der Waals surface area contributed by atoms with Crippen molar-refractivity contribution in [1.29, 1.82) is 0 Å². The van der Waals surface area contributed by atoms with Gasteiger partial charge in [0.1, 0.15) is 0 Å². The van der Waals surface area contributed by atoms with Gasteiger partial charge in [-0.05, 0) is 50.5 Å². The molecule has 0 saturated carbocycles. The van der Waals surface area contributed by atoms with E-state index in [9.17, 15) is 0 Å². The lowest BCUT2D eigenvalue weighted by molar-refractivity contribution is 0.427. The number of hydrogen-bond acceptors (Lipinski definition) is 1. The Morgan fingerprint density at radius 3 is 2.26 bits per heavy atom. The van der Waals surface area contributed by atoms with E-state index >= 15 is 0 Å². The number of nitrogens with zero attached hydrogens (tertiary/aromatic N) is 1. The molecular weight excluding hydrogens is 298 g/mol. The zero-order chi connectivity index (χ0) is 14.0. The third-order valence-electron chi connectivity index (χ3n) is 4.00. The number of hydrogen-bond donors (Lipinski definition) is 0. The second-order valence-electron chi connectivity index (χ2n) is 5.05. The Morgan fingerprint density at radius 1 is 1.11 bits per heavy atom. The monoisotopic (exact) mass is 319 g/mol. The molecule has 0 amide bonds. The Labute approximate surface area is 125 Å². The van der Waals surface area contributed by atoms with E-state index in [2.05, 4.69) is 78.9 Å². The first-order chi connectivity index (χ1) is 9.08. The van der Waals surface area contributed by atoms with Gasteiger partial charge in [-0.15, -0.1) is 0 Å². The minimum Gasteiger partial charge on any atom is -0.350 e. The minimum absolute atomic E-state index is 0.431. The average Bonchev–Trinajstić information content (AvgIpc) is 2.39. The van der Waals surface area contributed by atoms with Crippen LogP contribution in [0, 0.1) is 0 Å². The maximum atomic E-state index is 3.51. The minimum atomic E-state index is 0.431. The standard InChI is InChI=1S/C17H22BrN/c1-5-16-13(4)19(6-2)12(3)11-17(16)14-7-9-15(18)10-8-14/h7-11,17H,5-6H2,1-4H3. The summed E-state index contributed by atoms with van der Waals surface area (Å²) in [4.78, 5) is 2.41. The van der Waals surface area contributed by atoms with E-state index in [1.54, 1.807) is 0 Å². The molecule has 1 aliphatic rings. The van der Waals surface area contributed by atoms with Crippen LogP contribution in [0.15, 0.2) is 51.8 Å². The van der Waals surface area contributed by atoms with Crippen molar-refractivity contribution in [3.8, 4) is 0 Å². The van der Waals surface area contributed by atoms with Crippen LogP contribution in [0.1, 0.15) is 45.6 Å². The molecule has 0 N–H and O–H groups in total. The molecule has 1 heterocycles. The van der Waals surface area contributed by atoms with Crippen molar-refractivity contribution in [2.45, 2.75) is 40.0 Å². The number of rotatable bonds is 3. The van der Waals surface area contributed by atoms with Crippen molar-refractivity contribution in [1.82, 2.24) is 4.90 Å². The summed E-state index contributed by atoms with van der Waals surface area (Å²) < 4.78 is 1.14. The lowest BCUT2D eigenvalue weighted by Gasteiger charge is -2.35. The highest BCUT2D eigenvalue weighted by Crippen LogP contribution is 2.37. The van der Waals surface area contributed by atoms with E-state index < -0.39 is 0 Å². The van der Waals surface area contributed by atoms with Gasteiger partial charge in [-0.1, -0.05) is 41.1 Å². The second-order valence-corrected chi connectivity index (χ2v) is 5.96. The Hall–Kier alpha value is -1.02. The van der Waals surface area contributed by atoms with Gasteiger partial charge in [-0.3, -0.25) is 0 Å². The molecular formula is C17H22BrN. The fraction of sp³-hybridized carbons (Fsp3) is 0.412. The highest BCUT2D eigenvalue weighted by molar-refractivity contribution is 9.10. The molecule has 1 aromatic rings. The molecule has 1 nitrogen and oxygen atoms in total. The lowest BCUT2D eigenvalue weighted by atomic mass is 9.85. The quantitative estimate of drug-likeness (QED) is 0.715. The summed E-state index contributed by atoms with van der Waals surface area (Å²) in [6.07, 6.45) is 3.51. The summed E-state index contributed by atoms with van der Waals surface area (Å²) >= 11 is 3.51. The average molecular weight is 320 g/mol. The van der Waals surface area contributed by atoms with Gasteiger partial charge >= 0.3 is 0 Å². The predicted octanol–water partition coefficient (Wildman–Crippen LogP) is 5.46. The molecule has 19 heavy (non-hydrogen) atoms. The molecule has 0 aliphatic carbocycles. The van der Waals surface area contributed by atoms with Crippen LogP contribution in [-0.2, 0) is 0 Å². The zero-order valence-electron chi connectivity index (χ0n) is 12.2. The highest BCUT2D eigenvalue weighted by atomic mass is 79.9. The first kappa shape index (κ1) is 14.4. The molecule has 0 radical (unpaired) electrons. The van der Waals surface area contributed by atoms with Gasteiger partial charge in [0.05, 0.1) is 0 Å². The van der Waals surface area contributed by atoms with E-state index in [1.165, 1.54) is 22.5 Å². The first-order valence-electron chi connectivity index (χ1n) is 6.99. The summed E-state index contributed by atoms with van der Waals surface area (Å²) in [6, 6.07) is 8.72. The van der Waals surface area contributed by atoms with E-state index in [-0.39, 0.29) is 0 Å². The molecule has 1 aliphatic heterocycles. The molecule has 1 atom stereocenters. The number of halogens is 1. The van der Waals surface area contributed by atoms with Crippen molar-refractivity contribution in [3.63, 3.8) is 0 Å². The van der Waals surface area contributed by atoms with Gasteiger partial charge in [0.25, 0.3) is 0 Å². The molecule has 0 spiro atoms. The molecule has 1 aromatic carbocycles. The highest BCUT2D eigenvalue weighted by Gasteiger charge is 2.23. The van der Waals surface area contributed by atoms with Crippen LogP contribution in [0.5, 0.6) is 0 Å². The second kappa shape index (κ2) is 5.96. The van der Waals surface area contributed by atoms with Crippen LogP contribution < -0.4 is 0 Å². The van der Waals surface area contributed by atoms with E-state index in [0.717, 1.165) is 17.4 Å². The van der Waals surface area contributed by atoms with Crippen LogP contribution in [0.25, 0.3) is 0 Å². The third kappa shape index (κ3) is 2.79. The molecule has 0 saturated heterocycles. The molecule has 1 unspecified atom stereocenters. The molecule has 2 rings (SSSR count). The maximum absolute atomic E-state index is 3.51. The van der Waals surface area contributed by atoms with Gasteiger partial charge in [-0.2, -0.15) is 0 Å². The van der Waals surface area contributed by atoms with Crippen molar-refractivity contribution in [3.05, 3.63) is 57.3 Å². The van der Waals surface area contributed by atoms with E-state index in [4.69, 9.17) is 0 Å². The normalized spacial score (nSPS) is 19.7. The maximum Gasteiger partial charge on any atom is 0.0268 e. The van der Waals surface area contributed by atoms with Crippen molar-refractivity contribution in [2.75, 3.05) is 6.54 Å². The summed E-state index contributed by atoms with van der Waals surface area (Å²) in [5.74, 6) is 0.431. The van der Waals surface area contributed by atoms with Crippen LogP contribution in [-0.4, -0.2) is 11.4 Å². The van der Waals surface area contributed by atoms with Crippen LogP contribution in [0.4, 0.5) is 0 Å². The van der Waals surface area contributed by atoms with Crippen molar-refractivity contribution in [2.24, 2.45) is 0 Å². The van der Waals surface area contributed by atoms with Crippen molar-refractivity contribution >= 4 is 15.9 Å². The van der Waals surface area contributed by atoms with Crippen LogP contribution in [0.3, 0.4) is 0 Å². The first-order valence-corrected chi connectivity index (χ1v) is 7.78. The third-order valence-corrected chi connectivity index (χ3v) is 4.53. The van der Waals surface area contributed by atoms with Gasteiger partial charge in [-0.25, -0.2) is 0 Å². The largest absolute Gasteiger partial charge is 0.350 e. The molecule has 102 valence electrons. The molecule has 0 bridgehead atoms. The summed E-state index contributed by atoms with van der Waals surface area (Å²) in [6.45, 7) is 9.99. The number of benzene rings is 1. The Balaban J connectivity index is 2.45. The molecule has 0 aromatic heterocycles. The summed E-state index contributed by atoms with van der Waals surface area (Å²) in [5.41, 5.74) is 5.72. The summed E-state index contributed by atoms with van der Waals surface area (Å²) in [5, 5.41) is 0. The van der Waals surface area contributed by atoms with E-state index in [1.807, 2.05) is 0 Å². The van der Waals surface area contributed by atoms with Gasteiger partial charge in [0, 0.05) is 28.3 Å². The summed E-state index contributed by atoms with van der Waals surface area (Å²) in [7, 11) is 0. The Morgan fingerprint density at radius 2 is 1.74 bits per heavy atom. The van der Waals surface area contributed by atoms with Gasteiger partial charge in [0.2, 0.25) is 0 Å². The fourth-order valence-electron chi connectivity index (χ4n) is 3.02. The zero-order valence-corrected chi connectivity index (χ0v) is 13.8. The predicted molar refractivity (Wildman–Crippen MR) is 86.0 cm³/mol. The molecule has 2 heteroatoms. The van der Waals surface area contributed by atoms with Crippen LogP contribution in [0.2, 0.25) is 0 Å². The van der Waals surface area contributed by atoms with Crippen molar-refractivity contribution < 1.29 is 0 Å². The smallest absolute Gasteiger partial charge is 0.0268 e. The SMILES string of the molecule is CCC1=C(C)N(CC)C(C)=CC1c1ccc(Br)cc1. The van der Waals surface area contributed by atoms with E-state index in [0.29, 0.717) is 5.92 Å². The topological polar surface area (TPSA) is 3.24 Å². The molecule has 0 fully saturated rings.